The van der Waals surface area contributed by atoms with Gasteiger partial charge in [-0.2, -0.15) is 0 Å². The number of hydrogen-bond acceptors (Lipinski definition) is 4. The summed E-state index contributed by atoms with van der Waals surface area (Å²) >= 11 is 0. The van der Waals surface area contributed by atoms with Crippen molar-refractivity contribution in [1.29, 1.82) is 0 Å². The molecule has 0 unspecified atom stereocenters. The fraction of sp³-hybridized carbons (Fsp3) is 0.571. The lowest BCUT2D eigenvalue weighted by Crippen LogP contribution is -2.40. The molecule has 0 radical (unpaired) electrons. The molecule has 0 N–H and O–H groups in total. The van der Waals surface area contributed by atoms with E-state index in [9.17, 15) is 4.79 Å². The van der Waals surface area contributed by atoms with Gasteiger partial charge in [0.25, 0.3) is 0 Å². The van der Waals surface area contributed by atoms with E-state index < -0.39 is 5.60 Å². The van der Waals surface area contributed by atoms with Gasteiger partial charge in [-0.1, -0.05) is 23.8 Å². The molecule has 1 saturated carbocycles. The van der Waals surface area contributed by atoms with E-state index in [4.69, 9.17) is 14.2 Å². The third-order valence-electron chi connectivity index (χ3n) is 5.29. The van der Waals surface area contributed by atoms with Gasteiger partial charge in [0, 0.05) is 19.1 Å². The van der Waals surface area contributed by atoms with Gasteiger partial charge in [0.05, 0.1) is 13.2 Å². The van der Waals surface area contributed by atoms with Crippen molar-refractivity contribution >= 4 is 5.97 Å². The average molecular weight is 344 g/mol. The molecule has 0 aromatic rings. The van der Waals surface area contributed by atoms with Crippen LogP contribution in [-0.4, -0.2) is 31.9 Å². The molecule has 0 aromatic heterocycles. The molecule has 0 amide bonds. The summed E-state index contributed by atoms with van der Waals surface area (Å²) in [6, 6.07) is 0. The molecule has 4 nitrogen and oxygen atoms in total. The van der Waals surface area contributed by atoms with Crippen LogP contribution < -0.4 is 0 Å². The van der Waals surface area contributed by atoms with Crippen molar-refractivity contribution in [2.45, 2.75) is 44.6 Å². The maximum Gasteiger partial charge on any atom is 0.330 e. The summed E-state index contributed by atoms with van der Waals surface area (Å²) in [5.41, 5.74) is 0.731. The van der Waals surface area contributed by atoms with Crippen molar-refractivity contribution in [2.24, 2.45) is 11.8 Å². The van der Waals surface area contributed by atoms with Crippen molar-refractivity contribution in [2.75, 3.05) is 20.3 Å². The van der Waals surface area contributed by atoms with E-state index in [0.717, 1.165) is 25.0 Å². The maximum absolute atomic E-state index is 11.8. The molecule has 3 rings (SSSR count). The lowest BCUT2D eigenvalue weighted by atomic mass is 9.82. The number of ether oxygens (including phenoxy) is 3. The Bertz CT molecular complexity index is 613. The highest BCUT2D eigenvalue weighted by Gasteiger charge is 2.43. The van der Waals surface area contributed by atoms with Gasteiger partial charge in [-0.25, -0.2) is 4.79 Å². The van der Waals surface area contributed by atoms with Crippen molar-refractivity contribution in [1.82, 2.24) is 0 Å². The molecule has 1 aliphatic heterocycles. The fourth-order valence-corrected chi connectivity index (χ4v) is 4.00. The van der Waals surface area contributed by atoms with Crippen LogP contribution in [0, 0.1) is 11.8 Å². The SMILES string of the molecule is CCOC(=O)/C=C/[C@H]1C=C[C@H]2CCCC2=C[C@]1(OC)C1=CCCCO1. The molecule has 0 saturated heterocycles. The number of hydrogen-bond donors (Lipinski definition) is 0. The summed E-state index contributed by atoms with van der Waals surface area (Å²) in [6.45, 7) is 2.89. The predicted molar refractivity (Wildman–Crippen MR) is 96.8 cm³/mol. The Morgan fingerprint density at radius 3 is 3.00 bits per heavy atom. The van der Waals surface area contributed by atoms with Crippen LogP contribution in [0.5, 0.6) is 0 Å². The molecular formula is C21H28O4. The molecule has 0 bridgehead atoms. The summed E-state index contributed by atoms with van der Waals surface area (Å²) in [5, 5.41) is 0. The van der Waals surface area contributed by atoms with Crippen LogP contribution in [-0.2, 0) is 19.0 Å². The van der Waals surface area contributed by atoms with Crippen LogP contribution in [0.2, 0.25) is 0 Å². The van der Waals surface area contributed by atoms with Crippen LogP contribution in [0.15, 0.2) is 47.8 Å². The third kappa shape index (κ3) is 3.74. The first-order valence-electron chi connectivity index (χ1n) is 9.33. The van der Waals surface area contributed by atoms with E-state index in [2.05, 4.69) is 24.3 Å². The van der Waals surface area contributed by atoms with E-state index in [1.165, 1.54) is 24.5 Å². The molecule has 1 heterocycles. The Labute approximate surface area is 150 Å². The highest BCUT2D eigenvalue weighted by Crippen LogP contribution is 2.44. The Balaban J connectivity index is 2.00. The summed E-state index contributed by atoms with van der Waals surface area (Å²) in [5.74, 6) is 0.907. The van der Waals surface area contributed by atoms with Gasteiger partial charge in [-0.05, 0) is 57.1 Å². The number of carbonyl (C=O) groups excluding carboxylic acids is 1. The number of fused-ring (bicyclic) bond motifs is 1. The van der Waals surface area contributed by atoms with Crippen LogP contribution in [0.3, 0.4) is 0 Å². The summed E-state index contributed by atoms with van der Waals surface area (Å²) in [7, 11) is 1.73. The van der Waals surface area contributed by atoms with E-state index in [1.807, 2.05) is 13.0 Å². The average Bonchev–Trinajstić information content (AvgIpc) is 3.02. The molecular weight excluding hydrogens is 316 g/mol. The second-order valence-electron chi connectivity index (χ2n) is 6.80. The maximum atomic E-state index is 11.8. The molecule has 136 valence electrons. The lowest BCUT2D eigenvalue weighted by Gasteiger charge is -2.37. The molecule has 2 aliphatic carbocycles. The molecule has 3 atom stereocenters. The highest BCUT2D eigenvalue weighted by molar-refractivity contribution is 5.82. The Hall–Kier alpha value is -1.81. The van der Waals surface area contributed by atoms with Gasteiger partial charge in [0.1, 0.15) is 5.76 Å². The number of rotatable bonds is 5. The fourth-order valence-electron chi connectivity index (χ4n) is 4.00. The first-order chi connectivity index (χ1) is 12.2. The van der Waals surface area contributed by atoms with Crippen LogP contribution in [0.1, 0.15) is 39.0 Å². The van der Waals surface area contributed by atoms with E-state index in [-0.39, 0.29) is 11.9 Å². The summed E-state index contributed by atoms with van der Waals surface area (Å²) in [6.07, 6.45) is 17.7. The van der Waals surface area contributed by atoms with Gasteiger partial charge in [-0.3, -0.25) is 0 Å². The molecule has 1 fully saturated rings. The second-order valence-corrected chi connectivity index (χ2v) is 6.80. The number of esters is 1. The predicted octanol–water partition coefficient (Wildman–Crippen LogP) is 4.10. The first-order valence-corrected chi connectivity index (χ1v) is 9.33. The quantitative estimate of drug-likeness (QED) is 0.428. The Morgan fingerprint density at radius 1 is 1.40 bits per heavy atom. The Kier molecular flexibility index (Phi) is 5.79. The summed E-state index contributed by atoms with van der Waals surface area (Å²) < 4.78 is 17.1. The monoisotopic (exact) mass is 344 g/mol. The van der Waals surface area contributed by atoms with Crippen LogP contribution in [0.25, 0.3) is 0 Å². The van der Waals surface area contributed by atoms with E-state index in [0.29, 0.717) is 19.1 Å². The Morgan fingerprint density at radius 2 is 2.28 bits per heavy atom. The third-order valence-corrected chi connectivity index (χ3v) is 5.29. The zero-order valence-electron chi connectivity index (χ0n) is 15.2. The van der Waals surface area contributed by atoms with Gasteiger partial charge in [0.2, 0.25) is 0 Å². The normalized spacial score (nSPS) is 31.8. The van der Waals surface area contributed by atoms with Gasteiger partial charge < -0.3 is 14.2 Å². The minimum atomic E-state index is -0.686. The van der Waals surface area contributed by atoms with Gasteiger partial charge in [-0.15, -0.1) is 0 Å². The first kappa shape index (κ1) is 18.0. The van der Waals surface area contributed by atoms with Crippen LogP contribution in [0.4, 0.5) is 0 Å². The molecule has 0 aromatic carbocycles. The van der Waals surface area contributed by atoms with E-state index >= 15 is 0 Å². The van der Waals surface area contributed by atoms with Crippen molar-refractivity contribution in [3.05, 3.63) is 47.8 Å². The zero-order chi connectivity index (χ0) is 17.7. The molecule has 0 spiro atoms. The van der Waals surface area contributed by atoms with Crippen molar-refractivity contribution < 1.29 is 19.0 Å². The number of methoxy groups -OCH3 is 1. The second kappa shape index (κ2) is 8.05. The largest absolute Gasteiger partial charge is 0.495 e. The molecule has 3 aliphatic rings. The van der Waals surface area contributed by atoms with Crippen LogP contribution >= 0.6 is 0 Å². The smallest absolute Gasteiger partial charge is 0.330 e. The molecule has 25 heavy (non-hydrogen) atoms. The van der Waals surface area contributed by atoms with Gasteiger partial charge in [0.15, 0.2) is 5.60 Å². The molecule has 4 heteroatoms. The highest BCUT2D eigenvalue weighted by atomic mass is 16.5. The number of carbonyl (C=O) groups is 1. The topological polar surface area (TPSA) is 44.8 Å². The van der Waals surface area contributed by atoms with Crippen molar-refractivity contribution in [3.8, 4) is 0 Å². The zero-order valence-corrected chi connectivity index (χ0v) is 15.2. The lowest BCUT2D eigenvalue weighted by molar-refractivity contribution is -0.137. The minimum absolute atomic E-state index is 0.107. The number of allylic oxidation sites excluding steroid dienone is 3. The summed E-state index contributed by atoms with van der Waals surface area (Å²) in [4.78, 5) is 11.8. The standard InChI is InChI=1S/C21H28O4/c1-3-24-20(22)13-12-18-11-10-16-7-6-8-17(16)15-21(18,23-2)19-9-4-5-14-25-19/h9-13,15-16,18H,3-8,14H2,1-2H3/b13-12+/t16-,18-,21-/m1/s1. The minimum Gasteiger partial charge on any atom is -0.495 e. The van der Waals surface area contributed by atoms with Gasteiger partial charge >= 0.3 is 5.97 Å². The van der Waals surface area contributed by atoms with Crippen molar-refractivity contribution in [3.63, 3.8) is 0 Å². The van der Waals surface area contributed by atoms with E-state index in [1.54, 1.807) is 7.11 Å².